The zero-order valence-corrected chi connectivity index (χ0v) is 18.0. The van der Waals surface area contributed by atoms with Crippen LogP contribution in [0.25, 0.3) is 0 Å². The van der Waals surface area contributed by atoms with E-state index in [0.29, 0.717) is 6.61 Å². The standard InChI is InChI=1S/C26H30N2O2/c1-19-15-20(2)26(21(3)16-19)28-25(29)18-27-23-12-7-13-24(17-23)30-14-8-11-22-9-5-4-6-10-22/h4-7,9-10,12-13,15-17,27H,8,11,14,18H2,1-3H3,(H,28,29). The normalized spacial score (nSPS) is 10.5. The lowest BCUT2D eigenvalue weighted by Crippen LogP contribution is -2.22. The highest BCUT2D eigenvalue weighted by Crippen LogP contribution is 2.22. The van der Waals surface area contributed by atoms with Gasteiger partial charge in [-0.2, -0.15) is 0 Å². The third kappa shape index (κ3) is 6.38. The first-order valence-electron chi connectivity index (χ1n) is 10.4. The highest BCUT2D eigenvalue weighted by molar-refractivity contribution is 5.95. The number of ether oxygens (including phenoxy) is 1. The molecule has 4 heteroatoms. The molecule has 30 heavy (non-hydrogen) atoms. The van der Waals surface area contributed by atoms with Gasteiger partial charge in [-0.3, -0.25) is 4.79 Å². The van der Waals surface area contributed by atoms with Gasteiger partial charge in [-0.05, 0) is 62.4 Å². The second kappa shape index (κ2) is 10.5. The lowest BCUT2D eigenvalue weighted by molar-refractivity contribution is -0.114. The van der Waals surface area contributed by atoms with Crippen LogP contribution in [0.1, 0.15) is 28.7 Å². The van der Waals surface area contributed by atoms with E-state index < -0.39 is 0 Å². The molecule has 156 valence electrons. The van der Waals surface area contributed by atoms with Gasteiger partial charge in [0.2, 0.25) is 5.91 Å². The second-order valence-electron chi connectivity index (χ2n) is 7.64. The maximum Gasteiger partial charge on any atom is 0.243 e. The third-order valence-corrected chi connectivity index (χ3v) is 4.95. The fraction of sp³-hybridized carbons (Fsp3) is 0.269. The van der Waals surface area contributed by atoms with Crippen LogP contribution in [0.4, 0.5) is 11.4 Å². The number of benzene rings is 3. The summed E-state index contributed by atoms with van der Waals surface area (Å²) in [5.41, 5.74) is 6.42. The van der Waals surface area contributed by atoms with Crippen molar-refractivity contribution in [2.45, 2.75) is 33.6 Å². The summed E-state index contributed by atoms with van der Waals surface area (Å²) in [6.07, 6.45) is 1.95. The van der Waals surface area contributed by atoms with Gasteiger partial charge in [0.25, 0.3) is 0 Å². The van der Waals surface area contributed by atoms with Gasteiger partial charge in [-0.25, -0.2) is 0 Å². The van der Waals surface area contributed by atoms with Gasteiger partial charge in [0.05, 0.1) is 13.2 Å². The van der Waals surface area contributed by atoms with Gasteiger partial charge in [-0.1, -0.05) is 54.1 Å². The van der Waals surface area contributed by atoms with E-state index >= 15 is 0 Å². The average Bonchev–Trinajstić information content (AvgIpc) is 2.73. The lowest BCUT2D eigenvalue weighted by Gasteiger charge is -2.14. The molecule has 0 bridgehead atoms. The average molecular weight is 403 g/mol. The molecule has 2 N–H and O–H groups in total. The molecule has 4 nitrogen and oxygen atoms in total. The zero-order valence-electron chi connectivity index (χ0n) is 18.0. The fourth-order valence-corrected chi connectivity index (χ4v) is 3.55. The predicted molar refractivity (Wildman–Crippen MR) is 124 cm³/mol. The maximum absolute atomic E-state index is 12.4. The molecule has 0 saturated carbocycles. The number of amides is 1. The molecule has 0 atom stereocenters. The smallest absolute Gasteiger partial charge is 0.243 e. The minimum Gasteiger partial charge on any atom is -0.494 e. The van der Waals surface area contributed by atoms with Gasteiger partial charge in [0, 0.05) is 17.4 Å². The summed E-state index contributed by atoms with van der Waals surface area (Å²) < 4.78 is 5.87. The van der Waals surface area contributed by atoms with Gasteiger partial charge in [0.15, 0.2) is 0 Å². The molecule has 0 fully saturated rings. The third-order valence-electron chi connectivity index (χ3n) is 4.95. The summed E-state index contributed by atoms with van der Waals surface area (Å²) in [5.74, 6) is 0.734. The number of rotatable bonds is 9. The largest absolute Gasteiger partial charge is 0.494 e. The number of aryl methyl sites for hydroxylation is 4. The Bertz CT molecular complexity index is 960. The lowest BCUT2D eigenvalue weighted by atomic mass is 10.1. The Hall–Kier alpha value is -3.27. The molecule has 0 heterocycles. The van der Waals surface area contributed by atoms with Crippen molar-refractivity contribution in [2.24, 2.45) is 0 Å². The number of anilines is 2. The Morgan fingerprint density at radius 2 is 1.63 bits per heavy atom. The van der Waals surface area contributed by atoms with Crippen LogP contribution in [0.3, 0.4) is 0 Å². The minimum absolute atomic E-state index is 0.0702. The van der Waals surface area contributed by atoms with Crippen LogP contribution in [0.15, 0.2) is 66.7 Å². The second-order valence-corrected chi connectivity index (χ2v) is 7.64. The van der Waals surface area contributed by atoms with E-state index in [4.69, 9.17) is 4.74 Å². The summed E-state index contributed by atoms with van der Waals surface area (Å²) >= 11 is 0. The number of nitrogens with one attached hydrogen (secondary N) is 2. The van der Waals surface area contributed by atoms with Crippen molar-refractivity contribution in [3.63, 3.8) is 0 Å². The first-order chi connectivity index (χ1) is 14.5. The number of carbonyl (C=O) groups excluding carboxylic acids is 1. The molecule has 0 spiro atoms. The molecule has 0 unspecified atom stereocenters. The first-order valence-corrected chi connectivity index (χ1v) is 10.4. The quantitative estimate of drug-likeness (QED) is 0.453. The molecule has 0 aromatic heterocycles. The summed E-state index contributed by atoms with van der Waals surface area (Å²) in [7, 11) is 0. The molecule has 3 rings (SSSR count). The van der Waals surface area contributed by atoms with Crippen LogP contribution in [0.2, 0.25) is 0 Å². The highest BCUT2D eigenvalue weighted by atomic mass is 16.5. The van der Waals surface area contributed by atoms with Gasteiger partial charge >= 0.3 is 0 Å². The summed E-state index contributed by atoms with van der Waals surface area (Å²) in [4.78, 5) is 12.4. The van der Waals surface area contributed by atoms with E-state index in [-0.39, 0.29) is 12.5 Å². The van der Waals surface area contributed by atoms with Crippen molar-refractivity contribution < 1.29 is 9.53 Å². The molecule has 0 aliphatic carbocycles. The van der Waals surface area contributed by atoms with E-state index in [1.807, 2.05) is 44.2 Å². The fourth-order valence-electron chi connectivity index (χ4n) is 3.55. The van der Waals surface area contributed by atoms with Gasteiger partial charge < -0.3 is 15.4 Å². The molecule has 3 aromatic carbocycles. The van der Waals surface area contributed by atoms with Crippen LogP contribution < -0.4 is 15.4 Å². The Labute approximate surface area is 179 Å². The van der Waals surface area contributed by atoms with Crippen molar-refractivity contribution in [1.29, 1.82) is 0 Å². The molecule has 0 radical (unpaired) electrons. The number of carbonyl (C=O) groups is 1. The van der Waals surface area contributed by atoms with Gasteiger partial charge in [-0.15, -0.1) is 0 Å². The molecule has 0 aliphatic heterocycles. The van der Waals surface area contributed by atoms with Crippen LogP contribution >= 0.6 is 0 Å². The molecular formula is C26H30N2O2. The predicted octanol–water partition coefficient (Wildman–Crippen LogP) is 5.67. The van der Waals surface area contributed by atoms with E-state index in [0.717, 1.165) is 41.1 Å². The monoisotopic (exact) mass is 402 g/mol. The Balaban J connectivity index is 1.46. The van der Waals surface area contributed by atoms with Crippen molar-refractivity contribution in [3.05, 3.63) is 89.0 Å². The van der Waals surface area contributed by atoms with Crippen LogP contribution in [-0.2, 0) is 11.2 Å². The Kier molecular flexibility index (Phi) is 7.50. The minimum atomic E-state index is -0.0702. The Morgan fingerprint density at radius 1 is 0.900 bits per heavy atom. The van der Waals surface area contributed by atoms with Crippen molar-refractivity contribution in [1.82, 2.24) is 0 Å². The summed E-state index contributed by atoms with van der Waals surface area (Å²) in [6, 6.07) is 22.3. The van der Waals surface area contributed by atoms with Crippen LogP contribution in [0, 0.1) is 20.8 Å². The summed E-state index contributed by atoms with van der Waals surface area (Å²) in [5, 5.41) is 6.19. The molecular weight excluding hydrogens is 372 g/mol. The molecule has 0 aliphatic rings. The molecule has 3 aromatic rings. The van der Waals surface area contributed by atoms with Crippen LogP contribution in [-0.4, -0.2) is 19.1 Å². The maximum atomic E-state index is 12.4. The van der Waals surface area contributed by atoms with Crippen molar-refractivity contribution in [3.8, 4) is 5.75 Å². The number of hydrogen-bond donors (Lipinski definition) is 2. The highest BCUT2D eigenvalue weighted by Gasteiger charge is 2.08. The van der Waals surface area contributed by atoms with E-state index in [1.165, 1.54) is 11.1 Å². The van der Waals surface area contributed by atoms with Crippen molar-refractivity contribution in [2.75, 3.05) is 23.8 Å². The topological polar surface area (TPSA) is 50.4 Å². The van der Waals surface area contributed by atoms with E-state index in [9.17, 15) is 4.79 Å². The number of hydrogen-bond acceptors (Lipinski definition) is 3. The Morgan fingerprint density at radius 3 is 2.37 bits per heavy atom. The molecule has 1 amide bonds. The van der Waals surface area contributed by atoms with Crippen LogP contribution in [0.5, 0.6) is 5.75 Å². The molecule has 0 saturated heterocycles. The van der Waals surface area contributed by atoms with Gasteiger partial charge in [0.1, 0.15) is 5.75 Å². The summed E-state index contributed by atoms with van der Waals surface area (Å²) in [6.45, 7) is 6.95. The first kappa shape index (κ1) is 21.4. The zero-order chi connectivity index (χ0) is 21.3. The van der Waals surface area contributed by atoms with Crippen molar-refractivity contribution >= 4 is 17.3 Å². The SMILES string of the molecule is Cc1cc(C)c(NC(=O)CNc2cccc(OCCCc3ccccc3)c2)c(C)c1. The van der Waals surface area contributed by atoms with E-state index in [1.54, 1.807) is 0 Å². The van der Waals surface area contributed by atoms with E-state index in [2.05, 4.69) is 54.0 Å².